The van der Waals surface area contributed by atoms with Gasteiger partial charge in [0.05, 0.1) is 18.3 Å². The van der Waals surface area contributed by atoms with E-state index >= 15 is 0 Å². The first kappa shape index (κ1) is 16.5. The molecule has 0 fully saturated rings. The van der Waals surface area contributed by atoms with Gasteiger partial charge in [-0.25, -0.2) is 4.79 Å². The predicted octanol–water partition coefficient (Wildman–Crippen LogP) is 3.27. The fraction of sp³-hybridized carbons (Fsp3) is 0.100. The molecular formula is C20H17NO4. The number of methoxy groups -OCH3 is 1. The van der Waals surface area contributed by atoms with Crippen molar-refractivity contribution in [2.24, 2.45) is 0 Å². The average Bonchev–Trinajstić information content (AvgIpc) is 2.87. The molecule has 0 radical (unpaired) electrons. The summed E-state index contributed by atoms with van der Waals surface area (Å²) in [6.45, 7) is 1.70. The van der Waals surface area contributed by atoms with Crippen molar-refractivity contribution in [3.8, 4) is 5.75 Å². The van der Waals surface area contributed by atoms with Crippen LogP contribution in [-0.4, -0.2) is 24.1 Å². The van der Waals surface area contributed by atoms with Gasteiger partial charge in [-0.15, -0.1) is 0 Å². The fourth-order valence-corrected chi connectivity index (χ4v) is 2.83. The molecule has 0 saturated carbocycles. The summed E-state index contributed by atoms with van der Waals surface area (Å²) in [5.74, 6) is -0.902. The van der Waals surface area contributed by atoms with Crippen LogP contribution in [0.3, 0.4) is 0 Å². The van der Waals surface area contributed by atoms with E-state index in [1.807, 2.05) is 18.2 Å². The van der Waals surface area contributed by atoms with E-state index in [4.69, 9.17) is 4.74 Å². The molecule has 0 saturated heterocycles. The molecule has 0 unspecified atom stereocenters. The molecule has 0 aliphatic carbocycles. The Morgan fingerprint density at radius 2 is 1.72 bits per heavy atom. The minimum Gasteiger partial charge on any atom is -0.507 e. The molecule has 3 rings (SSSR count). The third kappa shape index (κ3) is 2.92. The van der Waals surface area contributed by atoms with Crippen LogP contribution in [0.4, 0.5) is 5.69 Å². The van der Waals surface area contributed by atoms with Gasteiger partial charge in [-0.3, -0.25) is 9.69 Å². The van der Waals surface area contributed by atoms with E-state index < -0.39 is 5.97 Å². The van der Waals surface area contributed by atoms with E-state index in [9.17, 15) is 14.7 Å². The van der Waals surface area contributed by atoms with Gasteiger partial charge in [0.2, 0.25) is 0 Å². The fourth-order valence-electron chi connectivity index (χ4n) is 2.83. The van der Waals surface area contributed by atoms with Crippen molar-refractivity contribution < 1.29 is 19.4 Å². The van der Waals surface area contributed by atoms with E-state index in [1.165, 1.54) is 24.2 Å². The minimum atomic E-state index is -0.592. The van der Waals surface area contributed by atoms with Crippen LogP contribution in [-0.2, 0) is 14.3 Å². The molecule has 0 aromatic heterocycles. The van der Waals surface area contributed by atoms with Crippen LogP contribution in [0.15, 0.2) is 71.4 Å². The molecule has 25 heavy (non-hydrogen) atoms. The number of ether oxygens (including phenoxy) is 1. The zero-order chi connectivity index (χ0) is 18.0. The van der Waals surface area contributed by atoms with Gasteiger partial charge in [0.15, 0.2) is 0 Å². The monoisotopic (exact) mass is 335 g/mol. The highest BCUT2D eigenvalue weighted by molar-refractivity contribution is 6.23. The Bertz CT molecular complexity index is 897. The minimum absolute atomic E-state index is 0.0304. The maximum absolute atomic E-state index is 13.0. The van der Waals surface area contributed by atoms with Crippen molar-refractivity contribution in [1.82, 2.24) is 0 Å². The summed E-state index contributed by atoms with van der Waals surface area (Å²) in [4.78, 5) is 26.7. The number of carbonyl (C=O) groups is 2. The molecule has 0 spiro atoms. The number of benzene rings is 2. The number of phenols is 1. The number of rotatable bonds is 3. The number of carbonyl (C=O) groups excluding carboxylic acids is 2. The van der Waals surface area contributed by atoms with Crippen molar-refractivity contribution in [2.75, 3.05) is 12.0 Å². The van der Waals surface area contributed by atoms with Gasteiger partial charge in [-0.2, -0.15) is 0 Å². The molecule has 2 aromatic carbocycles. The van der Waals surface area contributed by atoms with Gasteiger partial charge in [-0.05, 0) is 31.2 Å². The Morgan fingerprint density at radius 1 is 1.08 bits per heavy atom. The van der Waals surface area contributed by atoms with Crippen LogP contribution in [0.5, 0.6) is 5.75 Å². The van der Waals surface area contributed by atoms with Crippen LogP contribution in [0.25, 0.3) is 6.08 Å². The molecule has 1 aliphatic heterocycles. The first-order chi connectivity index (χ1) is 12.0. The third-order valence-corrected chi connectivity index (χ3v) is 4.04. The second kappa shape index (κ2) is 6.65. The van der Waals surface area contributed by atoms with E-state index in [2.05, 4.69) is 0 Å². The first-order valence-corrected chi connectivity index (χ1v) is 7.73. The van der Waals surface area contributed by atoms with Crippen molar-refractivity contribution in [2.45, 2.75) is 6.92 Å². The van der Waals surface area contributed by atoms with Crippen molar-refractivity contribution >= 4 is 23.6 Å². The summed E-state index contributed by atoms with van der Waals surface area (Å²) >= 11 is 0. The number of nitrogens with zero attached hydrogens (tertiary/aromatic N) is 1. The number of hydrogen-bond donors (Lipinski definition) is 1. The zero-order valence-corrected chi connectivity index (χ0v) is 13.9. The molecule has 1 aliphatic rings. The largest absolute Gasteiger partial charge is 0.507 e. The summed E-state index contributed by atoms with van der Waals surface area (Å²) in [5.41, 5.74) is 1.99. The van der Waals surface area contributed by atoms with E-state index in [0.29, 0.717) is 16.9 Å². The highest BCUT2D eigenvalue weighted by Crippen LogP contribution is 2.36. The van der Waals surface area contributed by atoms with E-state index in [1.54, 1.807) is 37.3 Å². The Balaban J connectivity index is 2.17. The van der Waals surface area contributed by atoms with Gasteiger partial charge in [-0.1, -0.05) is 36.4 Å². The highest BCUT2D eigenvalue weighted by Gasteiger charge is 2.37. The molecular weight excluding hydrogens is 318 g/mol. The number of para-hydroxylation sites is 2. The van der Waals surface area contributed by atoms with E-state index in [-0.39, 0.29) is 22.8 Å². The highest BCUT2D eigenvalue weighted by atomic mass is 16.5. The van der Waals surface area contributed by atoms with Crippen LogP contribution >= 0.6 is 0 Å². The van der Waals surface area contributed by atoms with Crippen molar-refractivity contribution in [3.63, 3.8) is 0 Å². The Labute approximate surface area is 145 Å². The summed E-state index contributed by atoms with van der Waals surface area (Å²) < 4.78 is 4.86. The number of aromatic hydroxyl groups is 1. The van der Waals surface area contributed by atoms with Gasteiger partial charge in [0.25, 0.3) is 5.91 Å². The molecule has 5 nitrogen and oxygen atoms in total. The lowest BCUT2D eigenvalue weighted by Crippen LogP contribution is -2.24. The quantitative estimate of drug-likeness (QED) is 0.690. The third-order valence-electron chi connectivity index (χ3n) is 4.04. The molecule has 2 aromatic rings. The lowest BCUT2D eigenvalue weighted by molar-refractivity contribution is -0.136. The number of hydrogen-bond acceptors (Lipinski definition) is 4. The van der Waals surface area contributed by atoms with Crippen molar-refractivity contribution in [1.29, 1.82) is 0 Å². The zero-order valence-electron chi connectivity index (χ0n) is 13.9. The number of phenolic OH excluding ortho intramolecular Hbond substituents is 1. The second-order valence-electron chi connectivity index (χ2n) is 5.54. The van der Waals surface area contributed by atoms with Crippen LogP contribution < -0.4 is 4.90 Å². The Kier molecular flexibility index (Phi) is 4.39. The number of allylic oxidation sites excluding steroid dienone is 1. The summed E-state index contributed by atoms with van der Waals surface area (Å²) in [7, 11) is 1.27. The lowest BCUT2D eigenvalue weighted by Gasteiger charge is -2.17. The number of amides is 1. The molecule has 0 atom stereocenters. The van der Waals surface area contributed by atoms with Gasteiger partial charge in [0, 0.05) is 16.9 Å². The van der Waals surface area contributed by atoms with Gasteiger partial charge in [0.1, 0.15) is 5.75 Å². The standard InChI is InChI=1S/C20H17NO4/c1-13-18(20(24)25-2)16(12-14-8-6-7-11-17(14)22)19(23)21(13)15-9-4-3-5-10-15/h3-12,22H,1-2H3/b16-12-. The average molecular weight is 335 g/mol. The normalized spacial score (nSPS) is 15.8. The van der Waals surface area contributed by atoms with Gasteiger partial charge < -0.3 is 9.84 Å². The smallest absolute Gasteiger partial charge is 0.340 e. The van der Waals surface area contributed by atoms with Crippen molar-refractivity contribution in [3.05, 3.63) is 77.0 Å². The molecule has 5 heteroatoms. The topological polar surface area (TPSA) is 66.8 Å². The molecule has 1 heterocycles. The molecule has 1 amide bonds. The molecule has 126 valence electrons. The maximum Gasteiger partial charge on any atom is 0.340 e. The van der Waals surface area contributed by atoms with Crippen LogP contribution in [0, 0.1) is 0 Å². The van der Waals surface area contributed by atoms with Crippen LogP contribution in [0.1, 0.15) is 12.5 Å². The van der Waals surface area contributed by atoms with Crippen LogP contribution in [0.2, 0.25) is 0 Å². The van der Waals surface area contributed by atoms with Gasteiger partial charge >= 0.3 is 5.97 Å². The maximum atomic E-state index is 13.0. The predicted molar refractivity (Wildman–Crippen MR) is 94.7 cm³/mol. The Hall–Kier alpha value is -3.34. The number of anilines is 1. The molecule has 1 N–H and O–H groups in total. The lowest BCUT2D eigenvalue weighted by atomic mass is 10.0. The summed E-state index contributed by atoms with van der Waals surface area (Å²) in [6.07, 6.45) is 1.51. The number of esters is 1. The summed E-state index contributed by atoms with van der Waals surface area (Å²) in [6, 6.07) is 15.7. The Morgan fingerprint density at radius 3 is 2.36 bits per heavy atom. The second-order valence-corrected chi connectivity index (χ2v) is 5.54. The first-order valence-electron chi connectivity index (χ1n) is 7.73. The van der Waals surface area contributed by atoms with E-state index in [0.717, 1.165) is 0 Å². The SMILES string of the molecule is COC(=O)C1=C(C)N(c2ccccc2)C(=O)/C1=C\c1ccccc1O. The molecule has 0 bridgehead atoms. The summed E-state index contributed by atoms with van der Waals surface area (Å²) in [5, 5.41) is 9.99.